The number of nitro benzene ring substituents is 1. The van der Waals surface area contributed by atoms with Gasteiger partial charge < -0.3 is 9.64 Å². The molecule has 1 aliphatic heterocycles. The molecule has 1 aliphatic rings. The highest BCUT2D eigenvalue weighted by Gasteiger charge is 2.28. The van der Waals surface area contributed by atoms with Crippen molar-refractivity contribution >= 4 is 21.6 Å². The smallest absolute Gasteiger partial charge is 0.312 e. The summed E-state index contributed by atoms with van der Waals surface area (Å²) in [6, 6.07) is 3.60. The van der Waals surface area contributed by atoms with E-state index in [2.05, 4.69) is 0 Å². The van der Waals surface area contributed by atoms with Crippen LogP contribution in [-0.2, 0) is 14.8 Å². The fourth-order valence-corrected chi connectivity index (χ4v) is 4.80. The molecule has 1 aromatic rings. The SMILES string of the molecule is CCN(CC)S(=O)(=O)c1ccc(OCC(=O)N2CCCC[C@@H]2C)c([N+](=O)[O-])c1. The first-order valence-corrected chi connectivity index (χ1v) is 10.9. The molecule has 0 aromatic heterocycles. The normalized spacial score (nSPS) is 17.6. The zero-order valence-corrected chi connectivity index (χ0v) is 17.3. The van der Waals surface area contributed by atoms with Crippen molar-refractivity contribution in [1.29, 1.82) is 0 Å². The Morgan fingerprint density at radius 2 is 2.00 bits per heavy atom. The molecule has 0 saturated carbocycles. The van der Waals surface area contributed by atoms with Crippen LogP contribution in [0, 0.1) is 10.1 Å². The Bertz CT molecular complexity index is 823. The molecule has 0 N–H and O–H groups in total. The van der Waals surface area contributed by atoms with Gasteiger partial charge in [-0.05, 0) is 38.3 Å². The first-order valence-electron chi connectivity index (χ1n) is 9.43. The van der Waals surface area contributed by atoms with Crippen LogP contribution in [0.25, 0.3) is 0 Å². The molecular formula is C18H27N3O6S. The Morgan fingerprint density at radius 3 is 2.57 bits per heavy atom. The average Bonchev–Trinajstić information content (AvgIpc) is 2.67. The first kappa shape index (κ1) is 22.1. The minimum Gasteiger partial charge on any atom is -0.477 e. The fourth-order valence-electron chi connectivity index (χ4n) is 3.33. The Morgan fingerprint density at radius 1 is 1.32 bits per heavy atom. The summed E-state index contributed by atoms with van der Waals surface area (Å²) in [5.74, 6) is -0.358. The number of carbonyl (C=O) groups is 1. The van der Waals surface area contributed by atoms with E-state index in [9.17, 15) is 23.3 Å². The molecule has 0 spiro atoms. The monoisotopic (exact) mass is 413 g/mol. The molecule has 1 aromatic carbocycles. The lowest BCUT2D eigenvalue weighted by atomic mass is 10.0. The Kier molecular flexibility index (Phi) is 7.36. The van der Waals surface area contributed by atoms with Gasteiger partial charge in [-0.1, -0.05) is 13.8 Å². The molecule has 0 unspecified atom stereocenters. The summed E-state index contributed by atoms with van der Waals surface area (Å²) in [5.41, 5.74) is -0.479. The van der Waals surface area contributed by atoms with E-state index in [1.54, 1.807) is 18.7 Å². The van der Waals surface area contributed by atoms with Crippen molar-refractivity contribution in [1.82, 2.24) is 9.21 Å². The molecule has 0 radical (unpaired) electrons. The largest absolute Gasteiger partial charge is 0.477 e. The molecule has 156 valence electrons. The third-order valence-electron chi connectivity index (χ3n) is 4.94. The van der Waals surface area contributed by atoms with Gasteiger partial charge in [0.05, 0.1) is 9.82 Å². The number of amides is 1. The maximum atomic E-state index is 12.6. The number of hydrogen-bond donors (Lipinski definition) is 0. The highest BCUT2D eigenvalue weighted by Crippen LogP contribution is 2.31. The first-order chi connectivity index (χ1) is 13.2. The molecule has 1 saturated heterocycles. The maximum absolute atomic E-state index is 12.6. The van der Waals surface area contributed by atoms with Crippen molar-refractivity contribution in [3.05, 3.63) is 28.3 Å². The number of nitrogens with zero attached hydrogens (tertiary/aromatic N) is 3. The number of ether oxygens (including phenoxy) is 1. The highest BCUT2D eigenvalue weighted by atomic mass is 32.2. The minimum atomic E-state index is -3.83. The van der Waals surface area contributed by atoms with Gasteiger partial charge in [0.1, 0.15) is 0 Å². The molecule has 28 heavy (non-hydrogen) atoms. The van der Waals surface area contributed by atoms with Crippen molar-refractivity contribution in [2.75, 3.05) is 26.2 Å². The third-order valence-corrected chi connectivity index (χ3v) is 6.99. The van der Waals surface area contributed by atoms with E-state index < -0.39 is 20.6 Å². The molecule has 1 heterocycles. The lowest BCUT2D eigenvalue weighted by Crippen LogP contribution is -2.44. The van der Waals surface area contributed by atoms with E-state index in [-0.39, 0.29) is 42.3 Å². The second kappa shape index (κ2) is 9.33. The van der Waals surface area contributed by atoms with Gasteiger partial charge in [0.25, 0.3) is 5.91 Å². The van der Waals surface area contributed by atoms with Gasteiger partial charge in [0.2, 0.25) is 10.0 Å². The van der Waals surface area contributed by atoms with E-state index in [0.29, 0.717) is 6.54 Å². The van der Waals surface area contributed by atoms with Crippen LogP contribution in [0.3, 0.4) is 0 Å². The summed E-state index contributed by atoms with van der Waals surface area (Å²) in [6.07, 6.45) is 2.91. The van der Waals surface area contributed by atoms with Gasteiger partial charge in [0.15, 0.2) is 12.4 Å². The topological polar surface area (TPSA) is 110 Å². The summed E-state index contributed by atoms with van der Waals surface area (Å²) >= 11 is 0. The zero-order valence-electron chi connectivity index (χ0n) is 16.5. The number of likely N-dealkylation sites (tertiary alicyclic amines) is 1. The van der Waals surface area contributed by atoms with Gasteiger partial charge in [-0.3, -0.25) is 14.9 Å². The maximum Gasteiger partial charge on any atom is 0.312 e. The number of nitro groups is 1. The predicted molar refractivity (Wildman–Crippen MR) is 104 cm³/mol. The Balaban J connectivity index is 2.21. The molecule has 2 rings (SSSR count). The molecule has 1 atom stereocenters. The van der Waals surface area contributed by atoms with Gasteiger partial charge in [-0.2, -0.15) is 4.31 Å². The van der Waals surface area contributed by atoms with E-state index >= 15 is 0 Å². The number of rotatable bonds is 8. The lowest BCUT2D eigenvalue weighted by Gasteiger charge is -2.33. The van der Waals surface area contributed by atoms with Crippen LogP contribution in [0.4, 0.5) is 5.69 Å². The molecule has 9 nitrogen and oxygen atoms in total. The molecule has 1 fully saturated rings. The third kappa shape index (κ3) is 4.79. The van der Waals surface area contributed by atoms with E-state index in [1.165, 1.54) is 16.4 Å². The summed E-state index contributed by atoms with van der Waals surface area (Å²) < 4.78 is 31.8. The number of benzene rings is 1. The van der Waals surface area contributed by atoms with E-state index in [4.69, 9.17) is 4.74 Å². The number of sulfonamides is 1. The summed E-state index contributed by atoms with van der Waals surface area (Å²) in [4.78, 5) is 24.7. The Labute approximate surface area is 165 Å². The molecular weight excluding hydrogens is 386 g/mol. The minimum absolute atomic E-state index is 0.112. The van der Waals surface area contributed by atoms with Crippen LogP contribution in [0.1, 0.15) is 40.0 Å². The highest BCUT2D eigenvalue weighted by molar-refractivity contribution is 7.89. The van der Waals surface area contributed by atoms with Gasteiger partial charge in [-0.15, -0.1) is 0 Å². The Hall–Kier alpha value is -2.20. The van der Waals surface area contributed by atoms with Crippen LogP contribution in [0.5, 0.6) is 5.75 Å². The fraction of sp³-hybridized carbons (Fsp3) is 0.611. The van der Waals surface area contributed by atoms with Crippen molar-refractivity contribution in [2.45, 2.75) is 51.0 Å². The van der Waals surface area contributed by atoms with Gasteiger partial charge in [-0.25, -0.2) is 8.42 Å². The number of carbonyl (C=O) groups excluding carboxylic acids is 1. The molecule has 0 aliphatic carbocycles. The van der Waals surface area contributed by atoms with E-state index in [0.717, 1.165) is 25.3 Å². The molecule has 0 bridgehead atoms. The van der Waals surface area contributed by atoms with E-state index in [1.807, 2.05) is 6.92 Å². The van der Waals surface area contributed by atoms with Crippen LogP contribution >= 0.6 is 0 Å². The lowest BCUT2D eigenvalue weighted by molar-refractivity contribution is -0.386. The van der Waals surface area contributed by atoms with Crippen molar-refractivity contribution in [2.24, 2.45) is 0 Å². The zero-order chi connectivity index (χ0) is 20.9. The van der Waals surface area contributed by atoms with Crippen LogP contribution in [0.2, 0.25) is 0 Å². The quantitative estimate of drug-likeness (QED) is 0.478. The van der Waals surface area contributed by atoms with Crippen molar-refractivity contribution in [3.8, 4) is 5.75 Å². The number of hydrogen-bond acceptors (Lipinski definition) is 6. The van der Waals surface area contributed by atoms with Crippen molar-refractivity contribution < 1.29 is 22.9 Å². The predicted octanol–water partition coefficient (Wildman–Crippen LogP) is 2.41. The van der Waals surface area contributed by atoms with Crippen molar-refractivity contribution in [3.63, 3.8) is 0 Å². The van der Waals surface area contributed by atoms with Crippen LogP contribution in [0.15, 0.2) is 23.1 Å². The van der Waals surface area contributed by atoms with Gasteiger partial charge >= 0.3 is 5.69 Å². The van der Waals surface area contributed by atoms with Crippen LogP contribution in [-0.4, -0.2) is 60.7 Å². The average molecular weight is 413 g/mol. The summed E-state index contributed by atoms with van der Waals surface area (Å²) in [7, 11) is -3.83. The second-order valence-corrected chi connectivity index (χ2v) is 8.63. The second-order valence-electron chi connectivity index (χ2n) is 6.70. The standard InChI is InChI=1S/C18H27N3O6S/c1-4-19(5-2)28(25,26)15-9-10-17(16(12-15)21(23)24)27-13-18(22)20-11-7-6-8-14(20)3/h9-10,12,14H,4-8,11,13H2,1-3H3/t14-/m0/s1. The van der Waals surface area contributed by atoms with Gasteiger partial charge in [0, 0.05) is 31.7 Å². The number of piperidine rings is 1. The molecule has 1 amide bonds. The molecule has 10 heteroatoms. The summed E-state index contributed by atoms with van der Waals surface area (Å²) in [6.45, 7) is 6.19. The summed E-state index contributed by atoms with van der Waals surface area (Å²) in [5, 5.41) is 11.4. The van der Waals surface area contributed by atoms with Crippen LogP contribution < -0.4 is 4.74 Å².